The maximum Gasteiger partial charge on any atom is 0.161 e. The predicted molar refractivity (Wildman–Crippen MR) is 103 cm³/mol. The molecule has 0 radical (unpaired) electrons. The topological polar surface area (TPSA) is 59.2 Å². The summed E-state index contributed by atoms with van der Waals surface area (Å²) < 4.78 is 10.9. The molecule has 5 heteroatoms. The van der Waals surface area contributed by atoms with E-state index < -0.39 is 0 Å². The number of nitrogens with one attached hydrogen (secondary N) is 2. The van der Waals surface area contributed by atoms with Crippen molar-refractivity contribution in [2.45, 2.75) is 26.8 Å². The highest BCUT2D eigenvalue weighted by molar-refractivity contribution is 5.80. The number of aryl methyl sites for hydroxylation is 2. The first-order chi connectivity index (χ1) is 12.6. The molecule has 0 atom stereocenters. The Labute approximate surface area is 153 Å². The van der Waals surface area contributed by atoms with Crippen molar-refractivity contribution in [1.29, 1.82) is 0 Å². The number of benzene rings is 2. The summed E-state index contributed by atoms with van der Waals surface area (Å²) in [7, 11) is 3.32. The van der Waals surface area contributed by atoms with E-state index in [9.17, 15) is 0 Å². The molecular formula is C21H23N3O2. The third-order valence-electron chi connectivity index (χ3n) is 5.14. The number of rotatable bonds is 5. The number of nitrogens with zero attached hydrogens (tertiary/aromatic N) is 1. The van der Waals surface area contributed by atoms with Crippen molar-refractivity contribution in [3.05, 3.63) is 58.1 Å². The summed E-state index contributed by atoms with van der Waals surface area (Å²) >= 11 is 0. The monoisotopic (exact) mass is 349 g/mol. The minimum atomic E-state index is 0.735. The van der Waals surface area contributed by atoms with E-state index in [1.54, 1.807) is 14.2 Å². The van der Waals surface area contributed by atoms with Crippen molar-refractivity contribution in [3.8, 4) is 22.8 Å². The van der Waals surface area contributed by atoms with Gasteiger partial charge in [0.1, 0.15) is 0 Å². The van der Waals surface area contributed by atoms with Crippen LogP contribution in [0.15, 0.2) is 30.3 Å². The molecule has 0 saturated heterocycles. The summed E-state index contributed by atoms with van der Waals surface area (Å²) in [6, 6.07) is 10.6. The van der Waals surface area contributed by atoms with E-state index in [0.717, 1.165) is 41.5 Å². The molecule has 5 nitrogen and oxygen atoms in total. The average molecular weight is 349 g/mol. The van der Waals surface area contributed by atoms with Gasteiger partial charge in [-0.15, -0.1) is 0 Å². The van der Waals surface area contributed by atoms with Gasteiger partial charge >= 0.3 is 0 Å². The van der Waals surface area contributed by atoms with Crippen LogP contribution in [0.1, 0.15) is 27.8 Å². The SMILES string of the molecule is COc1cc2c(cc1OC)-c1[nH]nc(NCc3ccc(C)c(C)c3)c1C2. The molecule has 2 N–H and O–H groups in total. The third-order valence-corrected chi connectivity index (χ3v) is 5.14. The molecule has 1 heterocycles. The van der Waals surface area contributed by atoms with Crippen molar-refractivity contribution < 1.29 is 9.47 Å². The molecule has 1 aliphatic rings. The normalized spacial score (nSPS) is 11.8. The number of aromatic nitrogens is 2. The van der Waals surface area contributed by atoms with Gasteiger partial charge in [0.05, 0.1) is 19.9 Å². The van der Waals surface area contributed by atoms with Crippen molar-refractivity contribution in [2.24, 2.45) is 0 Å². The Hall–Kier alpha value is -2.95. The molecule has 1 aromatic heterocycles. The van der Waals surface area contributed by atoms with Crippen LogP contribution in [0, 0.1) is 13.8 Å². The van der Waals surface area contributed by atoms with Gasteiger partial charge in [0.15, 0.2) is 17.3 Å². The zero-order valence-corrected chi connectivity index (χ0v) is 15.6. The minimum Gasteiger partial charge on any atom is -0.493 e. The molecule has 0 bridgehead atoms. The number of methoxy groups -OCH3 is 2. The molecule has 26 heavy (non-hydrogen) atoms. The molecule has 3 aromatic rings. The lowest BCUT2D eigenvalue weighted by Gasteiger charge is -2.10. The smallest absolute Gasteiger partial charge is 0.161 e. The van der Waals surface area contributed by atoms with Crippen LogP contribution >= 0.6 is 0 Å². The van der Waals surface area contributed by atoms with Gasteiger partial charge in [-0.1, -0.05) is 18.2 Å². The first-order valence-corrected chi connectivity index (χ1v) is 8.73. The highest BCUT2D eigenvalue weighted by Gasteiger charge is 2.26. The summed E-state index contributed by atoms with van der Waals surface area (Å²) in [6.07, 6.45) is 0.830. The largest absolute Gasteiger partial charge is 0.493 e. The van der Waals surface area contributed by atoms with Crippen LogP contribution < -0.4 is 14.8 Å². The average Bonchev–Trinajstić information content (AvgIpc) is 3.20. The number of anilines is 1. The first-order valence-electron chi connectivity index (χ1n) is 8.73. The van der Waals surface area contributed by atoms with Gasteiger partial charge in [0, 0.05) is 24.1 Å². The Morgan fingerprint density at radius 3 is 2.54 bits per heavy atom. The zero-order valence-electron chi connectivity index (χ0n) is 15.6. The molecule has 0 amide bonds. The number of ether oxygens (including phenoxy) is 2. The van der Waals surface area contributed by atoms with Gasteiger partial charge in [0.2, 0.25) is 0 Å². The second-order valence-electron chi connectivity index (χ2n) is 6.74. The van der Waals surface area contributed by atoms with Crippen LogP contribution in [0.2, 0.25) is 0 Å². The zero-order chi connectivity index (χ0) is 18.3. The number of hydrogen-bond acceptors (Lipinski definition) is 4. The first kappa shape index (κ1) is 16.5. The van der Waals surface area contributed by atoms with Gasteiger partial charge in [-0.3, -0.25) is 5.10 Å². The maximum atomic E-state index is 5.43. The molecule has 1 aliphatic carbocycles. The Bertz CT molecular complexity index is 976. The van der Waals surface area contributed by atoms with Crippen molar-refractivity contribution in [3.63, 3.8) is 0 Å². The fourth-order valence-corrected chi connectivity index (χ4v) is 3.50. The predicted octanol–water partition coefficient (Wildman–Crippen LogP) is 4.23. The van der Waals surface area contributed by atoms with Gasteiger partial charge < -0.3 is 14.8 Å². The van der Waals surface area contributed by atoms with Crippen LogP contribution in [0.3, 0.4) is 0 Å². The highest BCUT2D eigenvalue weighted by Crippen LogP contribution is 2.43. The Morgan fingerprint density at radius 2 is 1.81 bits per heavy atom. The Morgan fingerprint density at radius 1 is 1.04 bits per heavy atom. The second kappa shape index (κ2) is 6.41. The minimum absolute atomic E-state index is 0.735. The van der Waals surface area contributed by atoms with Gasteiger partial charge in [-0.2, -0.15) is 5.10 Å². The summed E-state index contributed by atoms with van der Waals surface area (Å²) in [5.74, 6) is 2.40. The van der Waals surface area contributed by atoms with E-state index >= 15 is 0 Å². The highest BCUT2D eigenvalue weighted by atomic mass is 16.5. The molecular weight excluding hydrogens is 326 g/mol. The summed E-state index contributed by atoms with van der Waals surface area (Å²) in [5.41, 5.74) is 8.48. The Kier molecular flexibility index (Phi) is 4.07. The van der Waals surface area contributed by atoms with Gasteiger partial charge in [0.25, 0.3) is 0 Å². The van der Waals surface area contributed by atoms with E-state index in [0.29, 0.717) is 0 Å². The van der Waals surface area contributed by atoms with E-state index in [4.69, 9.17) is 9.47 Å². The van der Waals surface area contributed by atoms with Gasteiger partial charge in [-0.25, -0.2) is 0 Å². The lowest BCUT2D eigenvalue weighted by Crippen LogP contribution is -2.02. The van der Waals surface area contributed by atoms with Gasteiger partial charge in [-0.05, 0) is 48.2 Å². The molecule has 4 rings (SSSR count). The van der Waals surface area contributed by atoms with Crippen LogP contribution in [0.4, 0.5) is 5.82 Å². The second-order valence-corrected chi connectivity index (χ2v) is 6.74. The van der Waals surface area contributed by atoms with Crippen LogP contribution in [-0.2, 0) is 13.0 Å². The van der Waals surface area contributed by atoms with E-state index in [2.05, 4.69) is 53.6 Å². The van der Waals surface area contributed by atoms with Crippen LogP contribution in [0.25, 0.3) is 11.3 Å². The van der Waals surface area contributed by atoms with Crippen molar-refractivity contribution in [2.75, 3.05) is 19.5 Å². The Balaban J connectivity index is 1.59. The lowest BCUT2D eigenvalue weighted by atomic mass is 10.1. The van der Waals surface area contributed by atoms with Crippen LogP contribution in [0.5, 0.6) is 11.5 Å². The quantitative estimate of drug-likeness (QED) is 0.566. The van der Waals surface area contributed by atoms with Crippen molar-refractivity contribution >= 4 is 5.82 Å². The fourth-order valence-electron chi connectivity index (χ4n) is 3.50. The van der Waals surface area contributed by atoms with Crippen molar-refractivity contribution in [1.82, 2.24) is 10.2 Å². The standard InChI is InChI=1S/C21H23N3O2/c1-12-5-6-14(7-13(12)2)11-22-21-17-8-15-9-18(25-3)19(26-4)10-16(15)20(17)23-24-21/h5-7,9-10H,8,11H2,1-4H3,(H2,22,23,24). The number of fused-ring (bicyclic) bond motifs is 3. The third kappa shape index (κ3) is 2.69. The fraction of sp³-hybridized carbons (Fsp3) is 0.286. The molecule has 0 spiro atoms. The van der Waals surface area contributed by atoms with Crippen LogP contribution in [-0.4, -0.2) is 24.4 Å². The molecule has 0 saturated carbocycles. The number of aromatic amines is 1. The molecule has 0 fully saturated rings. The summed E-state index contributed by atoms with van der Waals surface area (Å²) in [4.78, 5) is 0. The molecule has 0 aliphatic heterocycles. The summed E-state index contributed by atoms with van der Waals surface area (Å²) in [6.45, 7) is 5.02. The lowest BCUT2D eigenvalue weighted by molar-refractivity contribution is 0.355. The van der Waals surface area contributed by atoms with E-state index in [1.807, 2.05) is 6.07 Å². The number of hydrogen-bond donors (Lipinski definition) is 2. The summed E-state index contributed by atoms with van der Waals surface area (Å²) in [5, 5.41) is 11.1. The van der Waals surface area contributed by atoms with E-state index in [1.165, 1.54) is 27.8 Å². The molecule has 134 valence electrons. The molecule has 2 aromatic carbocycles. The maximum absolute atomic E-state index is 5.43. The number of H-pyrrole nitrogens is 1. The molecule has 0 unspecified atom stereocenters. The van der Waals surface area contributed by atoms with E-state index in [-0.39, 0.29) is 0 Å².